The fourth-order valence-electron chi connectivity index (χ4n) is 3.12. The maximum atomic E-state index is 12.3. The number of ether oxygens (including phenoxy) is 2. The van der Waals surface area contributed by atoms with E-state index in [0.717, 1.165) is 0 Å². The first-order chi connectivity index (χ1) is 12.6. The maximum absolute atomic E-state index is 12.3. The molecule has 0 heterocycles. The third kappa shape index (κ3) is 4.14. The van der Waals surface area contributed by atoms with Gasteiger partial charge in [-0.25, -0.2) is 0 Å². The van der Waals surface area contributed by atoms with Crippen LogP contribution in [0.4, 0.5) is 5.69 Å². The van der Waals surface area contributed by atoms with Crippen molar-refractivity contribution in [2.24, 2.45) is 11.8 Å². The van der Waals surface area contributed by atoms with E-state index in [1.165, 1.54) is 0 Å². The molecule has 0 aromatic heterocycles. The first-order valence-electron chi connectivity index (χ1n) is 8.51. The van der Waals surface area contributed by atoms with Crippen LogP contribution in [0, 0.1) is 11.8 Å². The molecule has 1 aliphatic rings. The van der Waals surface area contributed by atoms with Gasteiger partial charge in [-0.15, -0.1) is 0 Å². The minimum absolute atomic E-state index is 0.132. The molecule has 6 nitrogen and oxygen atoms in total. The number of nitrogens with one attached hydrogen (secondary N) is 1. The summed E-state index contributed by atoms with van der Waals surface area (Å²) in [6.07, 6.45) is 1.56. The van der Waals surface area contributed by atoms with Crippen molar-refractivity contribution in [1.82, 2.24) is 0 Å². The second-order valence-electron chi connectivity index (χ2n) is 6.31. The number of carbonyl (C=O) groups is 2. The summed E-state index contributed by atoms with van der Waals surface area (Å²) < 4.78 is 11.1. The quantitative estimate of drug-likeness (QED) is 0.820. The molecule has 0 saturated heterocycles. The molecule has 3 rings (SSSR count). The topological polar surface area (TPSA) is 84.9 Å². The van der Waals surface area contributed by atoms with Crippen LogP contribution in [-0.2, 0) is 9.59 Å². The van der Waals surface area contributed by atoms with Gasteiger partial charge in [0.15, 0.2) is 11.5 Å². The van der Waals surface area contributed by atoms with Crippen LogP contribution in [-0.4, -0.2) is 24.1 Å². The summed E-state index contributed by atoms with van der Waals surface area (Å²) in [5.41, 5.74) is 0.654. The van der Waals surface area contributed by atoms with Gasteiger partial charge in [0.1, 0.15) is 5.75 Å². The number of carbonyl (C=O) groups excluding carboxylic acids is 1. The number of methoxy groups -OCH3 is 1. The van der Waals surface area contributed by atoms with Gasteiger partial charge in [0, 0.05) is 11.6 Å². The molecule has 2 atom stereocenters. The summed E-state index contributed by atoms with van der Waals surface area (Å²) in [7, 11) is 1.58. The molecule has 0 aliphatic heterocycles. The van der Waals surface area contributed by atoms with Crippen molar-refractivity contribution in [2.75, 3.05) is 12.4 Å². The first kappa shape index (κ1) is 17.8. The van der Waals surface area contributed by atoms with E-state index in [9.17, 15) is 9.59 Å². The molecule has 0 unspecified atom stereocenters. The summed E-state index contributed by atoms with van der Waals surface area (Å²) in [4.78, 5) is 23.3. The van der Waals surface area contributed by atoms with Crippen LogP contribution in [0.2, 0.25) is 0 Å². The zero-order valence-corrected chi connectivity index (χ0v) is 14.5. The highest BCUT2D eigenvalue weighted by atomic mass is 16.5. The lowest BCUT2D eigenvalue weighted by atomic mass is 10.0. The van der Waals surface area contributed by atoms with Gasteiger partial charge in [0.2, 0.25) is 5.91 Å². The van der Waals surface area contributed by atoms with Crippen LogP contribution in [0.5, 0.6) is 17.2 Å². The summed E-state index contributed by atoms with van der Waals surface area (Å²) in [6.45, 7) is 0. The Morgan fingerprint density at radius 2 is 1.65 bits per heavy atom. The Balaban J connectivity index is 1.59. The normalized spacial score (nSPS) is 19.0. The van der Waals surface area contributed by atoms with E-state index in [1.54, 1.807) is 31.4 Å². The molecular weight excluding hydrogens is 334 g/mol. The summed E-state index contributed by atoms with van der Waals surface area (Å²) in [5, 5.41) is 11.9. The Kier molecular flexibility index (Phi) is 5.41. The summed E-state index contributed by atoms with van der Waals surface area (Å²) >= 11 is 0. The van der Waals surface area contributed by atoms with Crippen LogP contribution < -0.4 is 14.8 Å². The SMILES string of the molecule is COc1ccccc1Oc1ccc(NC(=O)[C@@H]2CC[C@H](C(=O)O)C2)cc1. The molecule has 0 bridgehead atoms. The third-order valence-corrected chi connectivity index (χ3v) is 4.57. The van der Waals surface area contributed by atoms with Crippen LogP contribution in [0.15, 0.2) is 48.5 Å². The molecule has 2 aromatic carbocycles. The lowest BCUT2D eigenvalue weighted by Gasteiger charge is -2.12. The molecule has 1 amide bonds. The van der Waals surface area contributed by atoms with Gasteiger partial charge in [0.25, 0.3) is 0 Å². The Morgan fingerprint density at radius 3 is 2.27 bits per heavy atom. The number of amides is 1. The van der Waals surface area contributed by atoms with Gasteiger partial charge in [-0.2, -0.15) is 0 Å². The maximum Gasteiger partial charge on any atom is 0.306 e. The molecule has 1 saturated carbocycles. The Bertz CT molecular complexity index is 787. The Labute approximate surface area is 151 Å². The Hall–Kier alpha value is -3.02. The Morgan fingerprint density at radius 1 is 1.00 bits per heavy atom. The van der Waals surface area contributed by atoms with Crippen molar-refractivity contribution in [3.8, 4) is 17.2 Å². The monoisotopic (exact) mass is 355 g/mol. The minimum atomic E-state index is -0.821. The second kappa shape index (κ2) is 7.91. The molecule has 1 fully saturated rings. The van der Waals surface area contributed by atoms with E-state index in [1.807, 2.05) is 24.3 Å². The predicted octanol–water partition coefficient (Wildman–Crippen LogP) is 3.93. The summed E-state index contributed by atoms with van der Waals surface area (Å²) in [6, 6.07) is 14.4. The first-order valence-corrected chi connectivity index (χ1v) is 8.51. The van der Waals surface area contributed by atoms with Crippen molar-refractivity contribution < 1.29 is 24.2 Å². The molecule has 6 heteroatoms. The molecular formula is C20H21NO5. The number of para-hydroxylation sites is 2. The van der Waals surface area contributed by atoms with E-state index in [2.05, 4.69) is 5.32 Å². The second-order valence-corrected chi connectivity index (χ2v) is 6.31. The highest BCUT2D eigenvalue weighted by Gasteiger charge is 2.33. The van der Waals surface area contributed by atoms with Crippen molar-refractivity contribution >= 4 is 17.6 Å². The zero-order valence-electron chi connectivity index (χ0n) is 14.5. The van der Waals surface area contributed by atoms with E-state index in [-0.39, 0.29) is 11.8 Å². The van der Waals surface area contributed by atoms with E-state index in [0.29, 0.717) is 42.2 Å². The number of hydrogen-bond acceptors (Lipinski definition) is 4. The largest absolute Gasteiger partial charge is 0.493 e. The van der Waals surface area contributed by atoms with Gasteiger partial charge >= 0.3 is 5.97 Å². The lowest BCUT2D eigenvalue weighted by molar-refractivity contribution is -0.141. The number of carboxylic acids is 1. The fourth-order valence-corrected chi connectivity index (χ4v) is 3.12. The highest BCUT2D eigenvalue weighted by Crippen LogP contribution is 2.33. The molecule has 2 N–H and O–H groups in total. The average Bonchev–Trinajstić information content (AvgIpc) is 3.14. The van der Waals surface area contributed by atoms with E-state index < -0.39 is 11.9 Å². The number of anilines is 1. The molecule has 0 radical (unpaired) electrons. The van der Waals surface area contributed by atoms with Crippen molar-refractivity contribution in [3.05, 3.63) is 48.5 Å². The molecule has 2 aromatic rings. The van der Waals surface area contributed by atoms with Gasteiger partial charge in [-0.05, 0) is 55.7 Å². The van der Waals surface area contributed by atoms with E-state index >= 15 is 0 Å². The van der Waals surface area contributed by atoms with E-state index in [4.69, 9.17) is 14.6 Å². The summed E-state index contributed by atoms with van der Waals surface area (Å²) in [5.74, 6) is 0.254. The van der Waals surface area contributed by atoms with Gasteiger partial charge < -0.3 is 19.9 Å². The number of rotatable bonds is 6. The molecule has 26 heavy (non-hydrogen) atoms. The average molecular weight is 355 g/mol. The van der Waals surface area contributed by atoms with Crippen molar-refractivity contribution in [1.29, 1.82) is 0 Å². The van der Waals surface area contributed by atoms with Crippen molar-refractivity contribution in [3.63, 3.8) is 0 Å². The van der Waals surface area contributed by atoms with Crippen molar-refractivity contribution in [2.45, 2.75) is 19.3 Å². The van der Waals surface area contributed by atoms with Crippen LogP contribution in [0.3, 0.4) is 0 Å². The number of benzene rings is 2. The molecule has 1 aliphatic carbocycles. The van der Waals surface area contributed by atoms with Crippen LogP contribution in [0.25, 0.3) is 0 Å². The lowest BCUT2D eigenvalue weighted by Crippen LogP contribution is -2.21. The number of hydrogen-bond donors (Lipinski definition) is 2. The molecule has 0 spiro atoms. The predicted molar refractivity (Wildman–Crippen MR) is 96.6 cm³/mol. The number of aliphatic carboxylic acids is 1. The highest BCUT2D eigenvalue weighted by molar-refractivity contribution is 5.93. The molecule has 136 valence electrons. The van der Waals surface area contributed by atoms with Gasteiger partial charge in [-0.1, -0.05) is 12.1 Å². The standard InChI is InChI=1S/C20H21NO5/c1-25-17-4-2-3-5-18(17)26-16-10-8-15(9-11-16)21-19(22)13-6-7-14(12-13)20(23)24/h2-5,8-11,13-14H,6-7,12H2,1H3,(H,21,22)(H,23,24)/t13-,14+/m1/s1. The van der Waals surface area contributed by atoms with Gasteiger partial charge in [-0.3, -0.25) is 9.59 Å². The van der Waals surface area contributed by atoms with Crippen LogP contribution in [0.1, 0.15) is 19.3 Å². The fraction of sp³-hybridized carbons (Fsp3) is 0.300. The minimum Gasteiger partial charge on any atom is -0.493 e. The zero-order chi connectivity index (χ0) is 18.5. The van der Waals surface area contributed by atoms with Crippen LogP contribution >= 0.6 is 0 Å². The van der Waals surface area contributed by atoms with Gasteiger partial charge in [0.05, 0.1) is 13.0 Å². The third-order valence-electron chi connectivity index (χ3n) is 4.57. The number of carboxylic acid groups (broad SMARTS) is 1. The smallest absolute Gasteiger partial charge is 0.306 e.